The fourth-order valence-electron chi connectivity index (χ4n) is 2.71. The molecule has 1 amide bonds. The molecule has 0 aliphatic heterocycles. The standard InChI is InChI=1S/C22H23N3O3/c1-14(2)19-6-4-5-15(3)20(19)25-21(26)18(11-23)13-24-12-16-7-9-17(10-8-16)22(27)28/h4-10,13-14,24H,12H2,1-3H3,(H,25,26)(H,27,28)/b18-13-. The van der Waals surface area contributed by atoms with Gasteiger partial charge in [-0.25, -0.2) is 4.79 Å². The number of carbonyl (C=O) groups excluding carboxylic acids is 1. The molecule has 0 radical (unpaired) electrons. The van der Waals surface area contributed by atoms with E-state index in [2.05, 4.69) is 10.6 Å². The second-order valence-corrected chi connectivity index (χ2v) is 6.70. The summed E-state index contributed by atoms with van der Waals surface area (Å²) in [6, 6.07) is 14.1. The number of aryl methyl sites for hydroxylation is 1. The first-order valence-electron chi connectivity index (χ1n) is 8.90. The number of carboxylic acids is 1. The number of hydrogen-bond donors (Lipinski definition) is 3. The molecule has 0 atom stereocenters. The molecule has 2 aromatic carbocycles. The average Bonchev–Trinajstić information content (AvgIpc) is 2.66. The summed E-state index contributed by atoms with van der Waals surface area (Å²) in [4.78, 5) is 23.4. The zero-order chi connectivity index (χ0) is 20.7. The molecular weight excluding hydrogens is 354 g/mol. The van der Waals surface area contributed by atoms with Gasteiger partial charge in [0, 0.05) is 18.4 Å². The minimum absolute atomic E-state index is 0.0416. The number of rotatable bonds is 7. The smallest absolute Gasteiger partial charge is 0.335 e. The van der Waals surface area contributed by atoms with Crippen molar-refractivity contribution in [1.29, 1.82) is 5.26 Å². The first-order chi connectivity index (χ1) is 13.3. The number of nitrogens with zero attached hydrogens (tertiary/aromatic N) is 1. The van der Waals surface area contributed by atoms with Gasteiger partial charge in [-0.05, 0) is 41.7 Å². The van der Waals surface area contributed by atoms with E-state index in [0.29, 0.717) is 6.54 Å². The Bertz CT molecular complexity index is 938. The van der Waals surface area contributed by atoms with Crippen molar-refractivity contribution in [3.05, 3.63) is 76.5 Å². The van der Waals surface area contributed by atoms with Gasteiger partial charge in [0.25, 0.3) is 5.91 Å². The molecule has 0 aliphatic rings. The van der Waals surface area contributed by atoms with Crippen molar-refractivity contribution >= 4 is 17.6 Å². The molecule has 3 N–H and O–H groups in total. The van der Waals surface area contributed by atoms with Crippen LogP contribution in [0.25, 0.3) is 0 Å². The van der Waals surface area contributed by atoms with E-state index in [4.69, 9.17) is 5.11 Å². The Balaban J connectivity index is 2.07. The number of anilines is 1. The summed E-state index contributed by atoms with van der Waals surface area (Å²) in [5.41, 5.74) is 3.67. The van der Waals surface area contributed by atoms with Crippen LogP contribution in [0.3, 0.4) is 0 Å². The topological polar surface area (TPSA) is 102 Å². The molecule has 0 spiro atoms. The highest BCUT2D eigenvalue weighted by Crippen LogP contribution is 2.27. The molecule has 6 heteroatoms. The maximum atomic E-state index is 12.5. The van der Waals surface area contributed by atoms with E-state index in [1.165, 1.54) is 18.3 Å². The van der Waals surface area contributed by atoms with Crippen LogP contribution in [-0.4, -0.2) is 17.0 Å². The molecule has 6 nitrogen and oxygen atoms in total. The number of benzene rings is 2. The van der Waals surface area contributed by atoms with Gasteiger partial charge in [-0.3, -0.25) is 4.79 Å². The van der Waals surface area contributed by atoms with E-state index in [1.807, 2.05) is 45.0 Å². The highest BCUT2D eigenvalue weighted by atomic mass is 16.4. The van der Waals surface area contributed by atoms with Crippen LogP contribution in [0.15, 0.2) is 54.2 Å². The zero-order valence-electron chi connectivity index (χ0n) is 16.1. The third kappa shape index (κ3) is 5.21. The minimum atomic E-state index is -0.986. The molecule has 0 bridgehead atoms. The van der Waals surface area contributed by atoms with Gasteiger partial charge in [0.15, 0.2) is 0 Å². The lowest BCUT2D eigenvalue weighted by Crippen LogP contribution is -2.18. The van der Waals surface area contributed by atoms with Crippen LogP contribution in [-0.2, 0) is 11.3 Å². The van der Waals surface area contributed by atoms with Crippen molar-refractivity contribution in [2.75, 3.05) is 5.32 Å². The predicted molar refractivity (Wildman–Crippen MR) is 108 cm³/mol. The zero-order valence-corrected chi connectivity index (χ0v) is 16.1. The number of nitriles is 1. The summed E-state index contributed by atoms with van der Waals surface area (Å²) in [6.45, 7) is 6.36. The largest absolute Gasteiger partial charge is 0.478 e. The van der Waals surface area contributed by atoms with Crippen LogP contribution >= 0.6 is 0 Å². The first-order valence-corrected chi connectivity index (χ1v) is 8.90. The SMILES string of the molecule is Cc1cccc(C(C)C)c1NC(=O)/C(C#N)=C\NCc1ccc(C(=O)O)cc1. The molecule has 0 saturated heterocycles. The third-order valence-corrected chi connectivity index (χ3v) is 4.28. The van der Waals surface area contributed by atoms with Gasteiger partial charge in [-0.2, -0.15) is 5.26 Å². The molecule has 0 aromatic heterocycles. The predicted octanol–water partition coefficient (Wildman–Crippen LogP) is 3.95. The molecule has 0 unspecified atom stereocenters. The van der Waals surface area contributed by atoms with E-state index in [-0.39, 0.29) is 17.1 Å². The molecule has 0 saturated carbocycles. The van der Waals surface area contributed by atoms with E-state index in [0.717, 1.165) is 22.4 Å². The highest BCUT2D eigenvalue weighted by molar-refractivity contribution is 6.07. The second-order valence-electron chi connectivity index (χ2n) is 6.70. The molecule has 28 heavy (non-hydrogen) atoms. The van der Waals surface area contributed by atoms with E-state index in [1.54, 1.807) is 12.1 Å². The Morgan fingerprint density at radius 1 is 1.18 bits per heavy atom. The van der Waals surface area contributed by atoms with Gasteiger partial charge in [0.1, 0.15) is 11.6 Å². The van der Waals surface area contributed by atoms with E-state index >= 15 is 0 Å². The number of para-hydroxylation sites is 1. The maximum absolute atomic E-state index is 12.5. The van der Waals surface area contributed by atoms with Crippen molar-refractivity contribution in [3.8, 4) is 6.07 Å². The Morgan fingerprint density at radius 2 is 1.86 bits per heavy atom. The van der Waals surface area contributed by atoms with Crippen molar-refractivity contribution in [3.63, 3.8) is 0 Å². The number of hydrogen-bond acceptors (Lipinski definition) is 4. The molecule has 0 heterocycles. The summed E-state index contributed by atoms with van der Waals surface area (Å²) in [7, 11) is 0. The van der Waals surface area contributed by atoms with Crippen LogP contribution in [0.5, 0.6) is 0 Å². The van der Waals surface area contributed by atoms with Crippen LogP contribution in [0.1, 0.15) is 46.8 Å². The van der Waals surface area contributed by atoms with E-state index < -0.39 is 11.9 Å². The quantitative estimate of drug-likeness (QED) is 0.501. The summed E-state index contributed by atoms with van der Waals surface area (Å²) >= 11 is 0. The summed E-state index contributed by atoms with van der Waals surface area (Å²) in [6.07, 6.45) is 1.37. The minimum Gasteiger partial charge on any atom is -0.478 e. The fraction of sp³-hybridized carbons (Fsp3) is 0.227. The highest BCUT2D eigenvalue weighted by Gasteiger charge is 2.15. The lowest BCUT2D eigenvalue weighted by molar-refractivity contribution is -0.112. The van der Waals surface area contributed by atoms with Crippen LogP contribution in [0, 0.1) is 18.3 Å². The molecular formula is C22H23N3O3. The number of carbonyl (C=O) groups is 2. The van der Waals surface area contributed by atoms with Crippen molar-refractivity contribution in [1.82, 2.24) is 5.32 Å². The van der Waals surface area contributed by atoms with Gasteiger partial charge in [-0.1, -0.05) is 44.2 Å². The Labute approximate surface area is 164 Å². The van der Waals surface area contributed by atoms with Crippen molar-refractivity contribution in [2.24, 2.45) is 0 Å². The Kier molecular flexibility index (Phi) is 6.94. The van der Waals surface area contributed by atoms with Crippen LogP contribution < -0.4 is 10.6 Å². The first kappa shape index (κ1) is 20.7. The van der Waals surface area contributed by atoms with Crippen LogP contribution in [0.4, 0.5) is 5.69 Å². The molecule has 144 valence electrons. The normalized spacial score (nSPS) is 11.0. The fourth-order valence-corrected chi connectivity index (χ4v) is 2.71. The summed E-state index contributed by atoms with van der Waals surface area (Å²) < 4.78 is 0. The van der Waals surface area contributed by atoms with Gasteiger partial charge < -0.3 is 15.7 Å². The summed E-state index contributed by atoms with van der Waals surface area (Å²) in [5, 5.41) is 24.0. The van der Waals surface area contributed by atoms with Crippen molar-refractivity contribution in [2.45, 2.75) is 33.2 Å². The third-order valence-electron chi connectivity index (χ3n) is 4.28. The Hall–Kier alpha value is -3.59. The number of aromatic carboxylic acids is 1. The maximum Gasteiger partial charge on any atom is 0.335 e. The number of nitrogens with one attached hydrogen (secondary N) is 2. The van der Waals surface area contributed by atoms with Gasteiger partial charge >= 0.3 is 5.97 Å². The van der Waals surface area contributed by atoms with Gasteiger partial charge in [0.05, 0.1) is 5.56 Å². The monoisotopic (exact) mass is 377 g/mol. The Morgan fingerprint density at radius 3 is 2.43 bits per heavy atom. The molecule has 2 aromatic rings. The lowest BCUT2D eigenvalue weighted by Gasteiger charge is -2.16. The van der Waals surface area contributed by atoms with Gasteiger partial charge in [-0.15, -0.1) is 0 Å². The lowest BCUT2D eigenvalue weighted by atomic mass is 9.98. The second kappa shape index (κ2) is 9.38. The van der Waals surface area contributed by atoms with Gasteiger partial charge in [0.2, 0.25) is 0 Å². The van der Waals surface area contributed by atoms with E-state index in [9.17, 15) is 14.9 Å². The summed E-state index contributed by atoms with van der Waals surface area (Å²) in [5.74, 6) is -1.23. The molecule has 0 aliphatic carbocycles. The average molecular weight is 377 g/mol. The van der Waals surface area contributed by atoms with Crippen molar-refractivity contribution < 1.29 is 14.7 Å². The molecule has 2 rings (SSSR count). The number of carboxylic acid groups (broad SMARTS) is 1. The van der Waals surface area contributed by atoms with Crippen LogP contribution in [0.2, 0.25) is 0 Å². The number of amides is 1. The molecule has 0 fully saturated rings.